The van der Waals surface area contributed by atoms with Gasteiger partial charge in [-0.25, -0.2) is 9.78 Å². The first-order chi connectivity index (χ1) is 7.27. The van der Waals surface area contributed by atoms with Crippen LogP contribution in [0.25, 0.3) is 0 Å². The van der Waals surface area contributed by atoms with Gasteiger partial charge in [-0.05, 0) is 18.6 Å². The zero-order valence-corrected chi connectivity index (χ0v) is 8.56. The van der Waals surface area contributed by atoms with E-state index in [1.54, 1.807) is 12.1 Å². The maximum absolute atomic E-state index is 11.1. The predicted octanol–water partition coefficient (Wildman–Crippen LogP) is 0.662. The maximum atomic E-state index is 11.1. The summed E-state index contributed by atoms with van der Waals surface area (Å²) in [5.74, 6) is -0.458. The van der Waals surface area contributed by atoms with E-state index in [2.05, 4.69) is 15.0 Å². The Kier molecular flexibility index (Phi) is 4.56. The van der Waals surface area contributed by atoms with Crippen LogP contribution < -0.4 is 5.32 Å². The summed E-state index contributed by atoms with van der Waals surface area (Å²) in [6.45, 7) is 0.795. The highest BCUT2D eigenvalue weighted by Crippen LogP contribution is 2.08. The summed E-state index contributed by atoms with van der Waals surface area (Å²) in [6.07, 6.45) is 2.20. The number of ether oxygens (including phenoxy) is 1. The highest BCUT2D eigenvalue weighted by atomic mass is 16.5. The molecule has 2 N–H and O–H groups in total. The number of anilines is 1. The number of hydrogen-bond acceptors (Lipinski definition) is 5. The molecule has 0 aromatic carbocycles. The van der Waals surface area contributed by atoms with Gasteiger partial charge in [-0.15, -0.1) is 0 Å². The number of aromatic nitrogens is 1. The summed E-state index contributed by atoms with van der Waals surface area (Å²) in [6, 6.07) is 3.37. The summed E-state index contributed by atoms with van der Waals surface area (Å²) >= 11 is 0. The molecule has 1 aromatic heterocycles. The van der Waals surface area contributed by atoms with Crippen molar-refractivity contribution in [2.75, 3.05) is 25.6 Å². The third kappa shape index (κ3) is 3.55. The van der Waals surface area contributed by atoms with Gasteiger partial charge in [0.05, 0.1) is 7.11 Å². The number of rotatable bonds is 5. The fraction of sp³-hybridized carbons (Fsp3) is 0.400. The van der Waals surface area contributed by atoms with Gasteiger partial charge >= 0.3 is 5.97 Å². The van der Waals surface area contributed by atoms with Crippen molar-refractivity contribution in [3.63, 3.8) is 0 Å². The lowest BCUT2D eigenvalue weighted by molar-refractivity contribution is 0.0594. The molecule has 1 rings (SSSR count). The number of aliphatic hydroxyl groups is 1. The normalized spacial score (nSPS) is 9.73. The second-order valence-corrected chi connectivity index (χ2v) is 2.93. The van der Waals surface area contributed by atoms with Gasteiger partial charge in [0.25, 0.3) is 0 Å². The van der Waals surface area contributed by atoms with Crippen LogP contribution in [0, 0.1) is 0 Å². The van der Waals surface area contributed by atoms with E-state index in [1.165, 1.54) is 13.3 Å². The summed E-state index contributed by atoms with van der Waals surface area (Å²) in [5.41, 5.74) is 1.06. The number of methoxy groups -OCH3 is 1. The molecule has 0 saturated carbocycles. The van der Waals surface area contributed by atoms with Crippen LogP contribution in [0.4, 0.5) is 5.69 Å². The molecule has 0 amide bonds. The Morgan fingerprint density at radius 1 is 1.67 bits per heavy atom. The summed E-state index contributed by atoms with van der Waals surface area (Å²) < 4.78 is 4.55. The second kappa shape index (κ2) is 5.98. The molecule has 1 aromatic rings. The van der Waals surface area contributed by atoms with Crippen LogP contribution in [0.15, 0.2) is 18.3 Å². The first kappa shape index (κ1) is 11.5. The first-order valence-electron chi connectivity index (χ1n) is 4.67. The minimum absolute atomic E-state index is 0.141. The summed E-state index contributed by atoms with van der Waals surface area (Å²) in [4.78, 5) is 15.0. The quantitative estimate of drug-likeness (QED) is 0.552. The van der Waals surface area contributed by atoms with Crippen molar-refractivity contribution in [3.8, 4) is 0 Å². The Morgan fingerprint density at radius 2 is 2.47 bits per heavy atom. The molecular formula is C10H14N2O3. The van der Waals surface area contributed by atoms with Gasteiger partial charge in [0.2, 0.25) is 0 Å². The highest BCUT2D eigenvalue weighted by Gasteiger charge is 2.06. The SMILES string of the molecule is COC(=O)c1cc(NCCCO)ccn1. The number of aliphatic hydroxyl groups excluding tert-OH is 1. The van der Waals surface area contributed by atoms with Crippen molar-refractivity contribution >= 4 is 11.7 Å². The lowest BCUT2D eigenvalue weighted by Gasteiger charge is -2.05. The minimum atomic E-state index is -0.458. The van der Waals surface area contributed by atoms with E-state index < -0.39 is 5.97 Å². The van der Waals surface area contributed by atoms with Gasteiger partial charge in [-0.2, -0.15) is 0 Å². The topological polar surface area (TPSA) is 71.5 Å². The number of nitrogens with one attached hydrogen (secondary N) is 1. The van der Waals surface area contributed by atoms with Gasteiger partial charge in [0, 0.05) is 25.0 Å². The van der Waals surface area contributed by atoms with Crippen molar-refractivity contribution in [2.45, 2.75) is 6.42 Å². The Morgan fingerprint density at radius 3 is 3.13 bits per heavy atom. The molecule has 0 aliphatic carbocycles. The number of carbonyl (C=O) groups excluding carboxylic acids is 1. The van der Waals surface area contributed by atoms with Gasteiger partial charge in [-0.1, -0.05) is 0 Å². The van der Waals surface area contributed by atoms with Gasteiger partial charge in [0.1, 0.15) is 5.69 Å². The molecule has 0 atom stereocenters. The van der Waals surface area contributed by atoms with Crippen LogP contribution in [0.5, 0.6) is 0 Å². The Hall–Kier alpha value is -1.62. The third-order valence-corrected chi connectivity index (χ3v) is 1.82. The summed E-state index contributed by atoms with van der Waals surface area (Å²) in [5, 5.41) is 11.7. The number of carbonyl (C=O) groups is 1. The molecule has 5 heteroatoms. The standard InChI is InChI=1S/C10H14N2O3/c1-15-10(14)9-7-8(3-5-12-9)11-4-2-6-13/h3,5,7,13H,2,4,6H2,1H3,(H,11,12). The Labute approximate surface area is 88.1 Å². The van der Waals surface area contributed by atoms with E-state index in [9.17, 15) is 4.79 Å². The smallest absolute Gasteiger partial charge is 0.356 e. The fourth-order valence-corrected chi connectivity index (χ4v) is 1.07. The maximum Gasteiger partial charge on any atom is 0.356 e. The number of hydrogen-bond donors (Lipinski definition) is 2. The van der Waals surface area contributed by atoms with E-state index in [1.807, 2.05) is 0 Å². The van der Waals surface area contributed by atoms with Crippen molar-refractivity contribution in [2.24, 2.45) is 0 Å². The second-order valence-electron chi connectivity index (χ2n) is 2.93. The van der Waals surface area contributed by atoms with Crippen molar-refractivity contribution < 1.29 is 14.6 Å². The molecule has 15 heavy (non-hydrogen) atoms. The van der Waals surface area contributed by atoms with Crippen molar-refractivity contribution in [3.05, 3.63) is 24.0 Å². The average molecular weight is 210 g/mol. The fourth-order valence-electron chi connectivity index (χ4n) is 1.07. The molecular weight excluding hydrogens is 196 g/mol. The van der Waals surface area contributed by atoms with Crippen LogP contribution >= 0.6 is 0 Å². The van der Waals surface area contributed by atoms with Gasteiger partial charge in [-0.3, -0.25) is 0 Å². The zero-order valence-electron chi connectivity index (χ0n) is 8.56. The molecule has 0 saturated heterocycles. The minimum Gasteiger partial charge on any atom is -0.464 e. The van der Waals surface area contributed by atoms with E-state index in [4.69, 9.17) is 5.11 Å². The number of esters is 1. The molecule has 0 bridgehead atoms. The number of pyridine rings is 1. The third-order valence-electron chi connectivity index (χ3n) is 1.82. The van der Waals surface area contributed by atoms with Crippen LogP contribution in [0.2, 0.25) is 0 Å². The van der Waals surface area contributed by atoms with Crippen LogP contribution in [0.1, 0.15) is 16.9 Å². The lowest BCUT2D eigenvalue weighted by atomic mass is 10.3. The van der Waals surface area contributed by atoms with E-state index >= 15 is 0 Å². The van der Waals surface area contributed by atoms with Crippen LogP contribution in [-0.2, 0) is 4.74 Å². The first-order valence-corrected chi connectivity index (χ1v) is 4.67. The van der Waals surface area contributed by atoms with E-state index in [-0.39, 0.29) is 12.3 Å². The highest BCUT2D eigenvalue weighted by molar-refractivity contribution is 5.88. The predicted molar refractivity (Wildman–Crippen MR) is 55.8 cm³/mol. The average Bonchev–Trinajstić information content (AvgIpc) is 2.29. The molecule has 0 unspecified atom stereocenters. The molecule has 82 valence electrons. The number of nitrogens with zero attached hydrogens (tertiary/aromatic N) is 1. The van der Waals surface area contributed by atoms with Crippen LogP contribution in [0.3, 0.4) is 0 Å². The van der Waals surface area contributed by atoms with Crippen molar-refractivity contribution in [1.29, 1.82) is 0 Å². The zero-order chi connectivity index (χ0) is 11.1. The lowest BCUT2D eigenvalue weighted by Crippen LogP contribution is -2.07. The van der Waals surface area contributed by atoms with Gasteiger partial charge in [0.15, 0.2) is 0 Å². The Bertz CT molecular complexity index is 328. The largest absolute Gasteiger partial charge is 0.464 e. The molecule has 0 radical (unpaired) electrons. The molecule has 1 heterocycles. The Balaban J connectivity index is 2.62. The van der Waals surface area contributed by atoms with Crippen molar-refractivity contribution in [1.82, 2.24) is 4.98 Å². The van der Waals surface area contributed by atoms with E-state index in [0.29, 0.717) is 13.0 Å². The molecule has 0 aliphatic heterocycles. The molecule has 0 aliphatic rings. The van der Waals surface area contributed by atoms with E-state index in [0.717, 1.165) is 5.69 Å². The van der Waals surface area contributed by atoms with Gasteiger partial charge < -0.3 is 15.2 Å². The molecule has 5 nitrogen and oxygen atoms in total. The van der Waals surface area contributed by atoms with Crippen LogP contribution in [-0.4, -0.2) is 36.3 Å². The molecule has 0 spiro atoms. The monoisotopic (exact) mass is 210 g/mol. The summed E-state index contributed by atoms with van der Waals surface area (Å²) in [7, 11) is 1.32. The molecule has 0 fully saturated rings.